The second kappa shape index (κ2) is 6.10. The van der Waals surface area contributed by atoms with Crippen LogP contribution in [-0.4, -0.2) is 37.8 Å². The van der Waals surface area contributed by atoms with Gasteiger partial charge in [0.15, 0.2) is 0 Å². The monoisotopic (exact) mass is 297 g/mol. The first-order valence-corrected chi connectivity index (χ1v) is 8.51. The molecule has 5 nitrogen and oxygen atoms in total. The molecule has 1 fully saturated rings. The van der Waals surface area contributed by atoms with Crippen molar-refractivity contribution < 1.29 is 8.42 Å². The maximum Gasteiger partial charge on any atom is 0.243 e. The van der Waals surface area contributed by atoms with Gasteiger partial charge in [-0.15, -0.1) is 0 Å². The van der Waals surface area contributed by atoms with Gasteiger partial charge in [0.25, 0.3) is 0 Å². The second-order valence-electron chi connectivity index (χ2n) is 5.57. The third kappa shape index (κ3) is 3.12. The maximum absolute atomic E-state index is 12.7. The number of aromatic nitrogens is 1. The van der Waals surface area contributed by atoms with Crippen molar-refractivity contribution in [3.05, 3.63) is 18.3 Å². The molecule has 0 amide bonds. The van der Waals surface area contributed by atoms with Gasteiger partial charge in [0, 0.05) is 32.4 Å². The van der Waals surface area contributed by atoms with E-state index >= 15 is 0 Å². The molecular weight excluding hydrogens is 274 g/mol. The summed E-state index contributed by atoms with van der Waals surface area (Å²) in [5.74, 6) is 1.16. The molecule has 1 aromatic heterocycles. The van der Waals surface area contributed by atoms with Gasteiger partial charge in [0.1, 0.15) is 5.82 Å². The van der Waals surface area contributed by atoms with Crippen molar-refractivity contribution >= 4 is 15.8 Å². The van der Waals surface area contributed by atoms with E-state index in [1.165, 1.54) is 16.9 Å². The van der Waals surface area contributed by atoms with Crippen molar-refractivity contribution in [2.24, 2.45) is 5.92 Å². The summed E-state index contributed by atoms with van der Waals surface area (Å²) in [5.41, 5.74) is 0. The van der Waals surface area contributed by atoms with E-state index in [4.69, 9.17) is 0 Å². The number of hydrogen-bond acceptors (Lipinski definition) is 4. The van der Waals surface area contributed by atoms with Crippen LogP contribution in [-0.2, 0) is 10.0 Å². The fourth-order valence-electron chi connectivity index (χ4n) is 2.80. The summed E-state index contributed by atoms with van der Waals surface area (Å²) in [6.07, 6.45) is 5.72. The normalized spacial score (nSPS) is 23.8. The molecule has 0 aliphatic heterocycles. The van der Waals surface area contributed by atoms with E-state index in [1.807, 2.05) is 0 Å². The Balaban J connectivity index is 2.24. The number of hydrogen-bond donors (Lipinski definition) is 1. The predicted molar refractivity (Wildman–Crippen MR) is 80.2 cm³/mol. The highest BCUT2D eigenvalue weighted by molar-refractivity contribution is 7.89. The van der Waals surface area contributed by atoms with Gasteiger partial charge < -0.3 is 5.32 Å². The first-order chi connectivity index (χ1) is 9.45. The van der Waals surface area contributed by atoms with Crippen molar-refractivity contribution in [1.29, 1.82) is 0 Å². The van der Waals surface area contributed by atoms with Gasteiger partial charge in [-0.3, -0.25) is 0 Å². The zero-order valence-electron chi connectivity index (χ0n) is 12.3. The zero-order valence-corrected chi connectivity index (χ0v) is 13.2. The van der Waals surface area contributed by atoms with E-state index in [2.05, 4.69) is 17.2 Å². The lowest BCUT2D eigenvalue weighted by molar-refractivity contribution is 0.239. The van der Waals surface area contributed by atoms with Crippen LogP contribution in [0.15, 0.2) is 23.2 Å². The smallest absolute Gasteiger partial charge is 0.243 e. The molecule has 2 atom stereocenters. The fraction of sp³-hybridized carbons (Fsp3) is 0.643. The Kier molecular flexibility index (Phi) is 4.65. The summed E-state index contributed by atoms with van der Waals surface area (Å²) < 4.78 is 26.9. The van der Waals surface area contributed by atoms with Crippen LogP contribution in [0.4, 0.5) is 5.82 Å². The highest BCUT2D eigenvalue weighted by Crippen LogP contribution is 2.30. The molecule has 2 unspecified atom stereocenters. The van der Waals surface area contributed by atoms with Crippen molar-refractivity contribution in [3.8, 4) is 0 Å². The van der Waals surface area contributed by atoms with E-state index in [1.54, 1.807) is 26.2 Å². The molecule has 0 radical (unpaired) electrons. The van der Waals surface area contributed by atoms with Crippen LogP contribution in [0.1, 0.15) is 32.6 Å². The molecule has 0 bridgehead atoms. The maximum atomic E-state index is 12.7. The molecule has 0 aromatic carbocycles. The molecule has 1 saturated carbocycles. The van der Waals surface area contributed by atoms with Crippen molar-refractivity contribution in [3.63, 3.8) is 0 Å². The topological polar surface area (TPSA) is 62.3 Å². The minimum atomic E-state index is -3.44. The van der Waals surface area contributed by atoms with Crippen LogP contribution in [0, 0.1) is 5.92 Å². The third-order valence-corrected chi connectivity index (χ3v) is 5.99. The van der Waals surface area contributed by atoms with Gasteiger partial charge in [0.2, 0.25) is 10.0 Å². The lowest BCUT2D eigenvalue weighted by atomic mass is 9.87. The number of anilines is 1. The van der Waals surface area contributed by atoms with Crippen molar-refractivity contribution in [2.45, 2.75) is 43.5 Å². The van der Waals surface area contributed by atoms with E-state index in [-0.39, 0.29) is 6.04 Å². The number of rotatable bonds is 4. The standard InChI is InChI=1S/C14H23N3O2S/c1-11-5-4-6-12(9-11)17(3)20(18,19)13-7-8-16-14(10-13)15-2/h7-8,10-12H,4-6,9H2,1-3H3,(H,15,16). The molecule has 1 aromatic rings. The summed E-state index contributed by atoms with van der Waals surface area (Å²) in [6, 6.07) is 3.24. The summed E-state index contributed by atoms with van der Waals surface area (Å²) in [6.45, 7) is 2.19. The lowest BCUT2D eigenvalue weighted by Gasteiger charge is -2.33. The van der Waals surface area contributed by atoms with Crippen LogP contribution in [0.3, 0.4) is 0 Å². The average molecular weight is 297 g/mol. The number of sulfonamides is 1. The van der Waals surface area contributed by atoms with Gasteiger partial charge in [-0.25, -0.2) is 13.4 Å². The Labute approximate surface area is 121 Å². The molecule has 1 heterocycles. The highest BCUT2D eigenvalue weighted by atomic mass is 32.2. The molecule has 6 heteroatoms. The van der Waals surface area contributed by atoms with Crippen LogP contribution in [0.5, 0.6) is 0 Å². The summed E-state index contributed by atoms with van der Waals surface area (Å²) in [7, 11) is -0.0219. The predicted octanol–water partition coefficient (Wildman–Crippen LogP) is 2.32. The Morgan fingerprint density at radius 1 is 1.40 bits per heavy atom. The Morgan fingerprint density at radius 2 is 2.15 bits per heavy atom. The van der Waals surface area contributed by atoms with E-state index < -0.39 is 10.0 Å². The van der Waals surface area contributed by atoms with E-state index in [0.29, 0.717) is 16.6 Å². The zero-order chi connectivity index (χ0) is 14.8. The third-order valence-electron chi connectivity index (χ3n) is 4.09. The van der Waals surface area contributed by atoms with E-state index in [9.17, 15) is 8.42 Å². The van der Waals surface area contributed by atoms with Crippen LogP contribution in [0.25, 0.3) is 0 Å². The fourth-order valence-corrected chi connectivity index (χ4v) is 4.21. The van der Waals surface area contributed by atoms with E-state index in [0.717, 1.165) is 19.3 Å². The largest absolute Gasteiger partial charge is 0.373 e. The SMILES string of the molecule is CNc1cc(S(=O)(=O)N(C)C2CCCC(C)C2)ccn1. The molecule has 112 valence electrons. The lowest BCUT2D eigenvalue weighted by Crippen LogP contribution is -2.39. The Hall–Kier alpha value is -1.14. The summed E-state index contributed by atoms with van der Waals surface area (Å²) >= 11 is 0. The van der Waals surface area contributed by atoms with Crippen LogP contribution >= 0.6 is 0 Å². The average Bonchev–Trinajstić information content (AvgIpc) is 2.46. The second-order valence-corrected chi connectivity index (χ2v) is 7.57. The quantitative estimate of drug-likeness (QED) is 0.926. The molecule has 20 heavy (non-hydrogen) atoms. The van der Waals surface area contributed by atoms with Crippen LogP contribution < -0.4 is 5.32 Å². The molecule has 1 aliphatic rings. The van der Waals surface area contributed by atoms with Gasteiger partial charge in [-0.1, -0.05) is 19.8 Å². The Morgan fingerprint density at radius 3 is 2.80 bits per heavy atom. The minimum absolute atomic E-state index is 0.106. The molecule has 0 spiro atoms. The number of nitrogens with one attached hydrogen (secondary N) is 1. The Bertz CT molecular complexity index is 559. The van der Waals surface area contributed by atoms with Gasteiger partial charge >= 0.3 is 0 Å². The van der Waals surface area contributed by atoms with Crippen LogP contribution in [0.2, 0.25) is 0 Å². The van der Waals surface area contributed by atoms with Gasteiger partial charge in [-0.05, 0) is 24.8 Å². The first-order valence-electron chi connectivity index (χ1n) is 7.07. The van der Waals surface area contributed by atoms with Crippen molar-refractivity contribution in [2.75, 3.05) is 19.4 Å². The molecular formula is C14H23N3O2S. The first kappa shape index (κ1) is 15.3. The van der Waals surface area contributed by atoms with Gasteiger partial charge in [-0.2, -0.15) is 4.31 Å². The molecule has 0 saturated heterocycles. The molecule has 1 N–H and O–H groups in total. The number of nitrogens with zero attached hydrogens (tertiary/aromatic N) is 2. The highest BCUT2D eigenvalue weighted by Gasteiger charge is 2.31. The van der Waals surface area contributed by atoms with Crippen molar-refractivity contribution in [1.82, 2.24) is 9.29 Å². The summed E-state index contributed by atoms with van der Waals surface area (Å²) in [4.78, 5) is 4.36. The molecule has 1 aliphatic carbocycles. The molecule has 2 rings (SSSR count). The van der Waals surface area contributed by atoms with Gasteiger partial charge in [0.05, 0.1) is 4.90 Å². The summed E-state index contributed by atoms with van der Waals surface area (Å²) in [5, 5.41) is 2.87. The number of pyridine rings is 1. The minimum Gasteiger partial charge on any atom is -0.373 e.